The number of aromatic nitrogens is 1. The van der Waals surface area contributed by atoms with E-state index < -0.39 is 17.6 Å². The highest BCUT2D eigenvalue weighted by molar-refractivity contribution is 6.08. The smallest absolute Gasteiger partial charge is 0.335 e. The Morgan fingerprint density at radius 2 is 1.48 bits per heavy atom. The van der Waals surface area contributed by atoms with Crippen LogP contribution < -0.4 is 5.32 Å². The second-order valence-electron chi connectivity index (χ2n) is 10.3. The quantitative estimate of drug-likeness (QED) is 0.208. The van der Waals surface area contributed by atoms with Crippen LogP contribution in [-0.2, 0) is 6.54 Å². The third-order valence-electron chi connectivity index (χ3n) is 7.58. The van der Waals surface area contributed by atoms with E-state index in [-0.39, 0.29) is 24.1 Å². The molecule has 0 radical (unpaired) electrons. The molecule has 0 aliphatic carbocycles. The Balaban J connectivity index is 1.42. The molecule has 0 saturated heterocycles. The topological polar surface area (TPSA) is 71.3 Å². The van der Waals surface area contributed by atoms with Gasteiger partial charge >= 0.3 is 5.97 Å². The van der Waals surface area contributed by atoms with E-state index in [1.165, 1.54) is 24.3 Å². The molecule has 0 spiro atoms. The molecule has 0 aliphatic heterocycles. The van der Waals surface area contributed by atoms with Crippen LogP contribution in [-0.4, -0.2) is 21.6 Å². The normalized spacial score (nSPS) is 12.0. The van der Waals surface area contributed by atoms with Crippen LogP contribution in [0.25, 0.3) is 32.8 Å². The molecule has 1 atom stereocenters. The van der Waals surface area contributed by atoms with Gasteiger partial charge in [-0.2, -0.15) is 0 Å². The summed E-state index contributed by atoms with van der Waals surface area (Å²) in [6.07, 6.45) is 1.92. The Bertz CT molecular complexity index is 1960. The molecule has 0 aliphatic rings. The average molecular weight is 561 g/mol. The molecule has 5 aromatic carbocycles. The van der Waals surface area contributed by atoms with Crippen LogP contribution in [0, 0.1) is 11.6 Å². The van der Waals surface area contributed by atoms with Gasteiger partial charge in [-0.15, -0.1) is 0 Å². The predicted octanol–water partition coefficient (Wildman–Crippen LogP) is 7.98. The highest BCUT2D eigenvalue weighted by atomic mass is 19.1. The number of fused-ring (bicyclic) bond motifs is 2. The molecule has 208 valence electrons. The van der Waals surface area contributed by atoms with Crippen molar-refractivity contribution in [3.05, 3.63) is 143 Å². The zero-order chi connectivity index (χ0) is 29.4. The van der Waals surface area contributed by atoms with Crippen molar-refractivity contribution in [2.45, 2.75) is 19.5 Å². The predicted molar refractivity (Wildman–Crippen MR) is 160 cm³/mol. The summed E-state index contributed by atoms with van der Waals surface area (Å²) < 4.78 is 30.3. The zero-order valence-corrected chi connectivity index (χ0v) is 22.6. The van der Waals surface area contributed by atoms with E-state index in [1.807, 2.05) is 35.0 Å². The number of nitrogens with zero attached hydrogens (tertiary/aromatic N) is 1. The number of rotatable bonds is 7. The van der Waals surface area contributed by atoms with Gasteiger partial charge in [0.15, 0.2) is 0 Å². The van der Waals surface area contributed by atoms with Gasteiger partial charge in [0.25, 0.3) is 5.91 Å². The number of halogens is 2. The van der Waals surface area contributed by atoms with E-state index in [0.717, 1.165) is 33.4 Å². The number of hydrogen-bond acceptors (Lipinski definition) is 2. The Morgan fingerprint density at radius 3 is 2.19 bits per heavy atom. The molecule has 0 bridgehead atoms. The third kappa shape index (κ3) is 5.24. The molecular weight excluding hydrogens is 534 g/mol. The van der Waals surface area contributed by atoms with Crippen LogP contribution in [0.2, 0.25) is 0 Å². The van der Waals surface area contributed by atoms with Crippen molar-refractivity contribution in [3.63, 3.8) is 0 Å². The Morgan fingerprint density at radius 1 is 0.786 bits per heavy atom. The number of amides is 1. The minimum Gasteiger partial charge on any atom is -0.478 e. The van der Waals surface area contributed by atoms with Crippen LogP contribution >= 0.6 is 0 Å². The first kappa shape index (κ1) is 26.9. The van der Waals surface area contributed by atoms with E-state index in [2.05, 4.69) is 42.6 Å². The van der Waals surface area contributed by atoms with Gasteiger partial charge in [-0.05, 0) is 88.5 Å². The fourth-order valence-corrected chi connectivity index (χ4v) is 5.36. The molecule has 1 aromatic heterocycles. The minimum absolute atomic E-state index is 0.125. The third-order valence-corrected chi connectivity index (χ3v) is 7.58. The standard InChI is InChI=1S/C35H26F2N2O3/c1-21(25-11-10-23-4-2-3-5-26(23)14-25)39-13-12-27-15-28(29-16-30(36)19-31(37)17-29)18-32(33(27)39)34(40)38-20-22-6-8-24(9-7-22)35(41)42/h2-19,21H,20H2,1H3,(H,38,40)(H,41,42)/t21-/m0/s1. The first-order valence-corrected chi connectivity index (χ1v) is 13.5. The van der Waals surface area contributed by atoms with Gasteiger partial charge in [-0.25, -0.2) is 13.6 Å². The lowest BCUT2D eigenvalue weighted by Crippen LogP contribution is -2.24. The summed E-state index contributed by atoms with van der Waals surface area (Å²) in [5.41, 5.74) is 3.82. The van der Waals surface area contributed by atoms with Crippen molar-refractivity contribution in [2.24, 2.45) is 0 Å². The molecule has 5 nitrogen and oxygen atoms in total. The molecular formula is C35H26F2N2O3. The van der Waals surface area contributed by atoms with Crippen LogP contribution in [0.1, 0.15) is 44.8 Å². The molecule has 0 saturated carbocycles. The summed E-state index contributed by atoms with van der Waals surface area (Å²) in [6, 6.07) is 29.2. The van der Waals surface area contributed by atoms with Crippen molar-refractivity contribution >= 4 is 33.6 Å². The monoisotopic (exact) mass is 560 g/mol. The maximum atomic E-state index is 14.1. The summed E-state index contributed by atoms with van der Waals surface area (Å²) in [4.78, 5) is 24.9. The van der Waals surface area contributed by atoms with Gasteiger partial charge in [-0.1, -0.05) is 48.5 Å². The first-order valence-electron chi connectivity index (χ1n) is 13.5. The largest absolute Gasteiger partial charge is 0.478 e. The van der Waals surface area contributed by atoms with Crippen molar-refractivity contribution in [3.8, 4) is 11.1 Å². The second-order valence-corrected chi connectivity index (χ2v) is 10.3. The summed E-state index contributed by atoms with van der Waals surface area (Å²) in [7, 11) is 0. The van der Waals surface area contributed by atoms with E-state index >= 15 is 0 Å². The molecule has 2 N–H and O–H groups in total. The van der Waals surface area contributed by atoms with E-state index in [0.29, 0.717) is 22.2 Å². The maximum Gasteiger partial charge on any atom is 0.335 e. The molecule has 7 heteroatoms. The van der Waals surface area contributed by atoms with E-state index in [1.54, 1.807) is 18.2 Å². The fraction of sp³-hybridized carbons (Fsp3) is 0.0857. The lowest BCUT2D eigenvalue weighted by atomic mass is 9.98. The maximum absolute atomic E-state index is 14.1. The number of benzene rings is 5. The second kappa shape index (κ2) is 10.9. The van der Waals surface area contributed by atoms with Crippen LogP contribution in [0.3, 0.4) is 0 Å². The van der Waals surface area contributed by atoms with Crippen LogP contribution in [0.15, 0.2) is 109 Å². The summed E-state index contributed by atoms with van der Waals surface area (Å²) in [6.45, 7) is 2.23. The Kier molecular flexibility index (Phi) is 7.00. The summed E-state index contributed by atoms with van der Waals surface area (Å²) >= 11 is 0. The Hall–Kier alpha value is -5.30. The van der Waals surface area contributed by atoms with Crippen molar-refractivity contribution in [2.75, 3.05) is 0 Å². The Labute approximate surface area is 240 Å². The molecule has 0 unspecified atom stereocenters. The molecule has 1 amide bonds. The lowest BCUT2D eigenvalue weighted by molar-refractivity contribution is 0.0696. The van der Waals surface area contributed by atoms with E-state index in [9.17, 15) is 18.4 Å². The number of carboxylic acids is 1. The highest BCUT2D eigenvalue weighted by Gasteiger charge is 2.20. The highest BCUT2D eigenvalue weighted by Crippen LogP contribution is 2.33. The zero-order valence-electron chi connectivity index (χ0n) is 22.6. The molecule has 42 heavy (non-hydrogen) atoms. The van der Waals surface area contributed by atoms with Gasteiger partial charge in [0.2, 0.25) is 0 Å². The molecule has 0 fully saturated rings. The number of nitrogens with one attached hydrogen (secondary N) is 1. The van der Waals surface area contributed by atoms with Crippen molar-refractivity contribution < 1.29 is 23.5 Å². The minimum atomic E-state index is -1.03. The number of hydrogen-bond donors (Lipinski definition) is 2. The average Bonchev–Trinajstić information content (AvgIpc) is 3.42. The van der Waals surface area contributed by atoms with Gasteiger partial charge in [-0.3, -0.25) is 4.79 Å². The molecule has 1 heterocycles. The van der Waals surface area contributed by atoms with Gasteiger partial charge in [0, 0.05) is 24.2 Å². The van der Waals surface area contributed by atoms with Crippen LogP contribution in [0.5, 0.6) is 0 Å². The number of aromatic carboxylic acids is 1. The number of carbonyl (C=O) groups excluding carboxylic acids is 1. The van der Waals surface area contributed by atoms with Crippen molar-refractivity contribution in [1.82, 2.24) is 9.88 Å². The first-order chi connectivity index (χ1) is 20.3. The van der Waals surface area contributed by atoms with Crippen LogP contribution in [0.4, 0.5) is 8.78 Å². The van der Waals surface area contributed by atoms with Gasteiger partial charge in [0.05, 0.1) is 22.7 Å². The van der Waals surface area contributed by atoms with Gasteiger partial charge in [0.1, 0.15) is 11.6 Å². The fourth-order valence-electron chi connectivity index (χ4n) is 5.36. The lowest BCUT2D eigenvalue weighted by Gasteiger charge is -2.19. The summed E-state index contributed by atoms with van der Waals surface area (Å²) in [5.74, 6) is -2.81. The number of carboxylic acid groups (broad SMARTS) is 1. The van der Waals surface area contributed by atoms with Gasteiger partial charge < -0.3 is 15.0 Å². The number of carbonyl (C=O) groups is 2. The van der Waals surface area contributed by atoms with E-state index in [4.69, 9.17) is 5.11 Å². The van der Waals surface area contributed by atoms with Crippen molar-refractivity contribution in [1.29, 1.82) is 0 Å². The molecule has 6 aromatic rings. The SMILES string of the molecule is C[C@@H](c1ccc2ccccc2c1)n1ccc2cc(-c3cc(F)cc(F)c3)cc(C(=O)NCc3ccc(C(=O)O)cc3)c21. The molecule has 6 rings (SSSR count). The summed E-state index contributed by atoms with van der Waals surface area (Å²) in [5, 5.41) is 15.1.